The molecule has 6 nitrogen and oxygen atoms in total. The topological polar surface area (TPSA) is 81.4 Å². The molecule has 98 valence electrons. The number of hydrogen-bond acceptors (Lipinski definition) is 5. The van der Waals surface area contributed by atoms with Crippen LogP contribution in [0.4, 0.5) is 0 Å². The molecule has 0 saturated heterocycles. The lowest BCUT2D eigenvalue weighted by Gasteiger charge is -2.23. The monoisotopic (exact) mass is 252 g/mol. The molecule has 0 spiro atoms. The minimum atomic E-state index is -0.943. The molecule has 2 aromatic heterocycles. The molecular formula is C12H16N2O4. The predicted octanol–water partition coefficient (Wildman–Crippen LogP) is 1.65. The third-order valence-corrected chi connectivity index (χ3v) is 3.10. The van der Waals surface area contributed by atoms with Gasteiger partial charge in [-0.3, -0.25) is 0 Å². The van der Waals surface area contributed by atoms with E-state index in [4.69, 9.17) is 8.83 Å². The molecule has 0 aromatic carbocycles. The number of aromatic nitrogens is 2. The van der Waals surface area contributed by atoms with Crippen LogP contribution in [-0.2, 0) is 6.54 Å². The van der Waals surface area contributed by atoms with Gasteiger partial charge < -0.3 is 13.9 Å². The van der Waals surface area contributed by atoms with Crippen LogP contribution in [0.1, 0.15) is 26.7 Å². The van der Waals surface area contributed by atoms with Crippen LogP contribution >= 0.6 is 0 Å². The molecule has 0 unspecified atom stereocenters. The van der Waals surface area contributed by atoms with Gasteiger partial charge in [0, 0.05) is 0 Å². The van der Waals surface area contributed by atoms with Gasteiger partial charge >= 0.3 is 5.76 Å². The zero-order chi connectivity index (χ0) is 13.2. The Morgan fingerprint density at radius 1 is 1.44 bits per heavy atom. The molecule has 6 heteroatoms. The van der Waals surface area contributed by atoms with Crippen molar-refractivity contribution in [2.45, 2.75) is 38.8 Å². The second kappa shape index (κ2) is 4.81. The first-order chi connectivity index (χ1) is 8.58. The molecule has 2 aromatic rings. The molecule has 2 heterocycles. The van der Waals surface area contributed by atoms with Crippen molar-refractivity contribution in [1.29, 1.82) is 0 Å². The predicted molar refractivity (Wildman–Crippen MR) is 64.0 cm³/mol. The minimum absolute atomic E-state index is 0.114. The summed E-state index contributed by atoms with van der Waals surface area (Å²) < 4.78 is 11.2. The van der Waals surface area contributed by atoms with E-state index in [1.165, 1.54) is 6.26 Å². The first kappa shape index (κ1) is 12.6. The SMILES string of the molecule is CCC(O)(CC)Cn1nc(-c2ccco2)oc1=O. The van der Waals surface area contributed by atoms with E-state index < -0.39 is 11.4 Å². The molecule has 2 rings (SSSR count). The molecule has 0 saturated carbocycles. The molecule has 0 radical (unpaired) electrons. The van der Waals surface area contributed by atoms with E-state index in [0.717, 1.165) is 4.68 Å². The quantitative estimate of drug-likeness (QED) is 0.874. The fourth-order valence-electron chi connectivity index (χ4n) is 1.66. The van der Waals surface area contributed by atoms with Gasteiger partial charge in [0.2, 0.25) is 0 Å². The molecule has 0 atom stereocenters. The van der Waals surface area contributed by atoms with Crippen molar-refractivity contribution in [2.75, 3.05) is 0 Å². The second-order valence-electron chi connectivity index (χ2n) is 4.24. The van der Waals surface area contributed by atoms with Crippen molar-refractivity contribution >= 4 is 0 Å². The van der Waals surface area contributed by atoms with Gasteiger partial charge in [-0.05, 0) is 25.0 Å². The molecule has 0 fully saturated rings. The Bertz CT molecular complexity index is 549. The highest BCUT2D eigenvalue weighted by molar-refractivity contribution is 5.42. The highest BCUT2D eigenvalue weighted by Crippen LogP contribution is 2.18. The summed E-state index contributed by atoms with van der Waals surface area (Å²) in [7, 11) is 0. The zero-order valence-corrected chi connectivity index (χ0v) is 10.4. The Balaban J connectivity index is 2.28. The van der Waals surface area contributed by atoms with Crippen molar-refractivity contribution in [3.63, 3.8) is 0 Å². The average Bonchev–Trinajstić information content (AvgIpc) is 3.00. The Morgan fingerprint density at radius 3 is 2.72 bits per heavy atom. The van der Waals surface area contributed by atoms with Gasteiger partial charge in [0.05, 0.1) is 18.4 Å². The molecule has 18 heavy (non-hydrogen) atoms. The van der Waals surface area contributed by atoms with Gasteiger partial charge in [-0.1, -0.05) is 13.8 Å². The van der Waals surface area contributed by atoms with E-state index in [-0.39, 0.29) is 12.4 Å². The van der Waals surface area contributed by atoms with Crippen molar-refractivity contribution in [2.24, 2.45) is 0 Å². The molecule has 0 aliphatic rings. The number of aliphatic hydroxyl groups is 1. The maximum absolute atomic E-state index is 11.6. The first-order valence-electron chi connectivity index (χ1n) is 5.92. The summed E-state index contributed by atoms with van der Waals surface area (Å²) in [6, 6.07) is 3.34. The van der Waals surface area contributed by atoms with Crippen molar-refractivity contribution < 1.29 is 13.9 Å². The third-order valence-electron chi connectivity index (χ3n) is 3.10. The Kier molecular flexibility index (Phi) is 3.38. The fourth-order valence-corrected chi connectivity index (χ4v) is 1.66. The van der Waals surface area contributed by atoms with Crippen molar-refractivity contribution in [3.05, 3.63) is 28.9 Å². The van der Waals surface area contributed by atoms with Crippen LogP contribution in [0.2, 0.25) is 0 Å². The lowest BCUT2D eigenvalue weighted by molar-refractivity contribution is 0.0102. The van der Waals surface area contributed by atoms with E-state index in [0.29, 0.717) is 18.6 Å². The summed E-state index contributed by atoms with van der Waals surface area (Å²) >= 11 is 0. The summed E-state index contributed by atoms with van der Waals surface area (Å²) in [6.07, 6.45) is 2.56. The van der Waals surface area contributed by atoms with Crippen molar-refractivity contribution in [1.82, 2.24) is 9.78 Å². The smallest absolute Gasteiger partial charge is 0.437 e. The summed E-state index contributed by atoms with van der Waals surface area (Å²) in [5, 5.41) is 14.2. The maximum atomic E-state index is 11.6. The van der Waals surface area contributed by atoms with Crippen LogP contribution in [0.3, 0.4) is 0 Å². The van der Waals surface area contributed by atoms with Crippen LogP contribution in [-0.4, -0.2) is 20.5 Å². The molecule has 0 bridgehead atoms. The standard InChI is InChI=1S/C12H16N2O4/c1-3-12(16,4-2)8-14-11(15)18-10(13-14)9-6-5-7-17-9/h5-7,16H,3-4,8H2,1-2H3. The summed E-state index contributed by atoms with van der Waals surface area (Å²) in [6.45, 7) is 3.84. The maximum Gasteiger partial charge on any atom is 0.437 e. The summed E-state index contributed by atoms with van der Waals surface area (Å²) in [5.41, 5.74) is -0.943. The van der Waals surface area contributed by atoms with Crippen LogP contribution < -0.4 is 5.76 Å². The number of nitrogens with zero attached hydrogens (tertiary/aromatic N) is 2. The average molecular weight is 252 g/mol. The molecule has 1 N–H and O–H groups in total. The number of furan rings is 1. The summed E-state index contributed by atoms with van der Waals surface area (Å²) in [5.74, 6) is -0.0799. The minimum Gasteiger partial charge on any atom is -0.459 e. The lowest BCUT2D eigenvalue weighted by Crippen LogP contribution is -2.36. The summed E-state index contributed by atoms with van der Waals surface area (Å²) in [4.78, 5) is 11.6. The molecule has 0 aliphatic carbocycles. The first-order valence-corrected chi connectivity index (χ1v) is 5.92. The van der Waals surface area contributed by atoms with Crippen LogP contribution in [0, 0.1) is 0 Å². The number of rotatable bonds is 5. The van der Waals surface area contributed by atoms with Gasteiger partial charge in [-0.25, -0.2) is 4.79 Å². The van der Waals surface area contributed by atoms with Crippen LogP contribution in [0.25, 0.3) is 11.7 Å². The zero-order valence-electron chi connectivity index (χ0n) is 10.4. The van der Waals surface area contributed by atoms with E-state index in [1.807, 2.05) is 13.8 Å². The Hall–Kier alpha value is -1.82. The molecule has 0 aliphatic heterocycles. The van der Waals surface area contributed by atoms with Gasteiger partial charge in [0.25, 0.3) is 5.89 Å². The van der Waals surface area contributed by atoms with Crippen LogP contribution in [0.5, 0.6) is 0 Å². The van der Waals surface area contributed by atoms with Gasteiger partial charge in [-0.15, -0.1) is 5.10 Å². The normalized spacial score (nSPS) is 11.9. The van der Waals surface area contributed by atoms with Gasteiger partial charge in [0.15, 0.2) is 5.76 Å². The Labute approximate surface area is 104 Å². The van der Waals surface area contributed by atoms with Gasteiger partial charge in [-0.2, -0.15) is 4.68 Å². The largest absolute Gasteiger partial charge is 0.459 e. The fraction of sp³-hybridized carbons (Fsp3) is 0.500. The van der Waals surface area contributed by atoms with E-state index in [1.54, 1.807) is 12.1 Å². The Morgan fingerprint density at radius 2 is 2.17 bits per heavy atom. The highest BCUT2D eigenvalue weighted by atomic mass is 16.4. The number of hydrogen-bond donors (Lipinski definition) is 1. The lowest BCUT2D eigenvalue weighted by atomic mass is 9.98. The van der Waals surface area contributed by atoms with E-state index >= 15 is 0 Å². The highest BCUT2D eigenvalue weighted by Gasteiger charge is 2.25. The second-order valence-corrected chi connectivity index (χ2v) is 4.24. The van der Waals surface area contributed by atoms with Crippen LogP contribution in [0.15, 0.2) is 32.0 Å². The van der Waals surface area contributed by atoms with Gasteiger partial charge in [0.1, 0.15) is 0 Å². The van der Waals surface area contributed by atoms with Crippen molar-refractivity contribution in [3.8, 4) is 11.7 Å². The molecule has 0 amide bonds. The third kappa shape index (κ3) is 2.38. The molecular weight excluding hydrogens is 236 g/mol. The van der Waals surface area contributed by atoms with E-state index in [2.05, 4.69) is 5.10 Å². The van der Waals surface area contributed by atoms with E-state index in [9.17, 15) is 9.90 Å².